The Labute approximate surface area is 181 Å². The predicted octanol–water partition coefficient (Wildman–Crippen LogP) is 5.96. The van der Waals surface area contributed by atoms with Gasteiger partial charge in [-0.2, -0.15) is 0 Å². The van der Waals surface area contributed by atoms with E-state index in [9.17, 15) is 4.79 Å². The highest BCUT2D eigenvalue weighted by Crippen LogP contribution is 2.33. The molecule has 3 heterocycles. The second-order valence-electron chi connectivity index (χ2n) is 6.57. The molecule has 0 N–H and O–H groups in total. The van der Waals surface area contributed by atoms with Gasteiger partial charge in [0.15, 0.2) is 5.16 Å². The van der Waals surface area contributed by atoms with Gasteiger partial charge in [0.2, 0.25) is 0 Å². The van der Waals surface area contributed by atoms with Gasteiger partial charge in [0.1, 0.15) is 9.98 Å². The first kappa shape index (κ1) is 19.9. The number of allylic oxidation sites excluding steroid dienone is 1. The fraction of sp³-hybridized carbons (Fsp3) is 0.136. The van der Waals surface area contributed by atoms with E-state index in [2.05, 4.69) is 23.7 Å². The van der Waals surface area contributed by atoms with Gasteiger partial charge >= 0.3 is 0 Å². The van der Waals surface area contributed by atoms with Crippen LogP contribution in [0.3, 0.4) is 0 Å². The molecule has 0 saturated heterocycles. The smallest absolute Gasteiger partial charge is 0.263 e. The summed E-state index contributed by atoms with van der Waals surface area (Å²) in [7, 11) is 0. The number of pyridine rings is 1. The molecule has 29 heavy (non-hydrogen) atoms. The number of aromatic nitrogens is 3. The summed E-state index contributed by atoms with van der Waals surface area (Å²) in [6, 6.07) is 11.9. The monoisotopic (exact) mass is 439 g/mol. The first-order valence-corrected chi connectivity index (χ1v) is 11.2. The molecule has 4 rings (SSSR count). The summed E-state index contributed by atoms with van der Waals surface area (Å²) in [6.07, 6.45) is 3.46. The third-order valence-electron chi connectivity index (χ3n) is 4.49. The van der Waals surface area contributed by atoms with E-state index in [0.29, 0.717) is 28.0 Å². The van der Waals surface area contributed by atoms with Crippen LogP contribution in [0.2, 0.25) is 5.15 Å². The van der Waals surface area contributed by atoms with Crippen molar-refractivity contribution in [1.29, 1.82) is 0 Å². The number of thioether (sulfide) groups is 1. The normalized spacial score (nSPS) is 11.1. The lowest BCUT2D eigenvalue weighted by Crippen LogP contribution is -2.22. The molecule has 7 heteroatoms. The van der Waals surface area contributed by atoms with Crippen LogP contribution in [0.25, 0.3) is 21.3 Å². The Bertz CT molecular complexity index is 1230. The molecule has 4 nitrogen and oxygen atoms in total. The molecule has 0 amide bonds. The fourth-order valence-corrected chi connectivity index (χ4v) is 5.03. The highest BCUT2D eigenvalue weighted by atomic mass is 35.5. The molecule has 0 radical (unpaired) electrons. The molecule has 0 spiro atoms. The van der Waals surface area contributed by atoms with Crippen LogP contribution < -0.4 is 5.56 Å². The van der Waals surface area contributed by atoms with Crippen molar-refractivity contribution in [3.05, 3.63) is 87.3 Å². The maximum atomic E-state index is 13.4. The Balaban J connectivity index is 1.76. The molecule has 146 valence electrons. The number of rotatable bonds is 6. The average molecular weight is 440 g/mol. The van der Waals surface area contributed by atoms with Gasteiger partial charge in [0.05, 0.1) is 5.39 Å². The van der Waals surface area contributed by atoms with Crippen molar-refractivity contribution in [3.8, 4) is 11.1 Å². The Hall–Kier alpha value is -2.41. The molecule has 0 aliphatic heterocycles. The minimum atomic E-state index is -0.0385. The van der Waals surface area contributed by atoms with Crippen LogP contribution in [-0.4, -0.2) is 14.5 Å². The lowest BCUT2D eigenvalue weighted by molar-refractivity contribution is 0.673. The van der Waals surface area contributed by atoms with E-state index in [0.717, 1.165) is 21.5 Å². The molecule has 0 aliphatic rings. The van der Waals surface area contributed by atoms with E-state index >= 15 is 0 Å². The van der Waals surface area contributed by atoms with E-state index in [1.165, 1.54) is 28.7 Å². The van der Waals surface area contributed by atoms with Gasteiger partial charge in [-0.3, -0.25) is 9.36 Å². The Morgan fingerprint density at radius 2 is 2.03 bits per heavy atom. The third-order valence-corrected chi connectivity index (χ3v) is 6.63. The molecule has 4 aromatic rings. The number of aryl methyl sites for hydroxylation is 1. The summed E-state index contributed by atoms with van der Waals surface area (Å²) in [4.78, 5) is 23.0. The number of fused-ring (bicyclic) bond motifs is 1. The molecule has 0 aliphatic carbocycles. The van der Waals surface area contributed by atoms with Crippen molar-refractivity contribution in [3.63, 3.8) is 0 Å². The van der Waals surface area contributed by atoms with Gasteiger partial charge < -0.3 is 0 Å². The van der Waals surface area contributed by atoms with Gasteiger partial charge in [-0.1, -0.05) is 65.3 Å². The summed E-state index contributed by atoms with van der Waals surface area (Å²) in [5.41, 5.74) is 4.12. The van der Waals surface area contributed by atoms with E-state index in [4.69, 9.17) is 16.6 Å². The molecule has 3 aromatic heterocycles. The number of nitrogens with zero attached hydrogens (tertiary/aromatic N) is 3. The highest BCUT2D eigenvalue weighted by molar-refractivity contribution is 7.98. The van der Waals surface area contributed by atoms with Gasteiger partial charge in [-0.05, 0) is 24.1 Å². The topological polar surface area (TPSA) is 47.8 Å². The van der Waals surface area contributed by atoms with Crippen LogP contribution in [0, 0.1) is 6.92 Å². The Morgan fingerprint density at radius 1 is 1.24 bits per heavy atom. The lowest BCUT2D eigenvalue weighted by atomic mass is 10.1. The largest absolute Gasteiger partial charge is 0.283 e. The SMILES string of the molecule is C=CCn1c(SCc2ccc(Cl)nc2)nc2scc(-c3ccc(C)cc3)c2c1=O. The minimum Gasteiger partial charge on any atom is -0.283 e. The van der Waals surface area contributed by atoms with Crippen molar-refractivity contribution in [2.75, 3.05) is 0 Å². The number of hydrogen-bond acceptors (Lipinski definition) is 5. The highest BCUT2D eigenvalue weighted by Gasteiger charge is 2.17. The Morgan fingerprint density at radius 3 is 2.72 bits per heavy atom. The van der Waals surface area contributed by atoms with Crippen molar-refractivity contribution >= 4 is 44.9 Å². The van der Waals surface area contributed by atoms with E-state index in [1.807, 2.05) is 30.5 Å². The van der Waals surface area contributed by atoms with Crippen molar-refractivity contribution in [1.82, 2.24) is 14.5 Å². The standard InChI is InChI=1S/C22H18ClN3OS2/c1-3-10-26-21(27)19-17(16-7-4-14(2)5-8-16)13-28-20(19)25-22(26)29-12-15-6-9-18(23)24-11-15/h3-9,11,13H,1,10,12H2,2H3. The molecular formula is C22H18ClN3OS2. The summed E-state index contributed by atoms with van der Waals surface area (Å²) in [5, 5.41) is 3.82. The third kappa shape index (κ3) is 4.15. The molecule has 1 aromatic carbocycles. The van der Waals surface area contributed by atoms with Crippen LogP contribution in [-0.2, 0) is 12.3 Å². The maximum Gasteiger partial charge on any atom is 0.263 e. The molecule has 0 bridgehead atoms. The molecular weight excluding hydrogens is 422 g/mol. The van der Waals surface area contributed by atoms with E-state index in [-0.39, 0.29) is 5.56 Å². The van der Waals surface area contributed by atoms with Crippen LogP contribution in [0.1, 0.15) is 11.1 Å². The zero-order valence-electron chi connectivity index (χ0n) is 15.8. The zero-order valence-corrected chi connectivity index (χ0v) is 18.2. The average Bonchev–Trinajstić information content (AvgIpc) is 3.15. The van der Waals surface area contributed by atoms with Gasteiger partial charge in [-0.15, -0.1) is 17.9 Å². The number of halogens is 1. The molecule has 0 saturated carbocycles. The molecule has 0 unspecified atom stereocenters. The minimum absolute atomic E-state index is 0.0385. The summed E-state index contributed by atoms with van der Waals surface area (Å²) in [5.74, 6) is 0.648. The van der Waals surface area contributed by atoms with Crippen molar-refractivity contribution in [2.45, 2.75) is 24.4 Å². The second-order valence-corrected chi connectivity index (χ2v) is 8.76. The summed E-state index contributed by atoms with van der Waals surface area (Å²) >= 11 is 8.87. The number of hydrogen-bond donors (Lipinski definition) is 0. The van der Waals surface area contributed by atoms with Gasteiger partial charge in [0.25, 0.3) is 5.56 Å². The number of benzene rings is 1. The van der Waals surface area contributed by atoms with E-state index < -0.39 is 0 Å². The van der Waals surface area contributed by atoms with Crippen molar-refractivity contribution in [2.24, 2.45) is 0 Å². The van der Waals surface area contributed by atoms with Gasteiger partial charge in [-0.25, -0.2) is 9.97 Å². The first-order chi connectivity index (χ1) is 14.1. The van der Waals surface area contributed by atoms with E-state index in [1.54, 1.807) is 22.9 Å². The zero-order chi connectivity index (χ0) is 20.4. The fourth-order valence-electron chi connectivity index (χ4n) is 2.99. The first-order valence-electron chi connectivity index (χ1n) is 9.00. The second kappa shape index (κ2) is 8.53. The Kier molecular flexibility index (Phi) is 5.85. The predicted molar refractivity (Wildman–Crippen MR) is 123 cm³/mol. The van der Waals surface area contributed by atoms with Crippen LogP contribution in [0.15, 0.2) is 70.6 Å². The quantitative estimate of drug-likeness (QED) is 0.161. The van der Waals surface area contributed by atoms with Crippen LogP contribution in [0.5, 0.6) is 0 Å². The lowest BCUT2D eigenvalue weighted by Gasteiger charge is -2.11. The molecule has 0 fully saturated rings. The summed E-state index contributed by atoms with van der Waals surface area (Å²) < 4.78 is 1.69. The number of thiophene rings is 1. The van der Waals surface area contributed by atoms with Crippen LogP contribution in [0.4, 0.5) is 0 Å². The van der Waals surface area contributed by atoms with Crippen molar-refractivity contribution < 1.29 is 0 Å². The maximum absolute atomic E-state index is 13.4. The van der Waals surface area contributed by atoms with Gasteiger partial charge in [0, 0.05) is 29.4 Å². The van der Waals surface area contributed by atoms with Crippen LogP contribution >= 0.6 is 34.7 Å². The molecule has 0 atom stereocenters. The summed E-state index contributed by atoms with van der Waals surface area (Å²) in [6.45, 7) is 6.26.